The highest BCUT2D eigenvalue weighted by molar-refractivity contribution is 4.80. The van der Waals surface area contributed by atoms with Crippen molar-refractivity contribution in [3.63, 3.8) is 0 Å². The lowest BCUT2D eigenvalue weighted by molar-refractivity contribution is -0.162. The van der Waals surface area contributed by atoms with Gasteiger partial charge in [-0.25, -0.2) is 0 Å². The number of hydrogen-bond donors (Lipinski definition) is 1. The highest BCUT2D eigenvalue weighted by Gasteiger charge is 2.13. The van der Waals surface area contributed by atoms with Gasteiger partial charge in [0.1, 0.15) is 0 Å². The Balaban J connectivity index is 1.74. The summed E-state index contributed by atoms with van der Waals surface area (Å²) in [4.78, 5) is 0. The molecule has 3 heteroatoms. The molecule has 1 aliphatic heterocycles. The molecule has 1 aliphatic rings. The van der Waals surface area contributed by atoms with Crippen LogP contribution >= 0.6 is 0 Å². The molecular weight excluding hydrogens is 240 g/mol. The highest BCUT2D eigenvalue weighted by atomic mass is 16.7. The quantitative estimate of drug-likeness (QED) is 0.458. The zero-order chi connectivity index (χ0) is 13.6. The summed E-state index contributed by atoms with van der Waals surface area (Å²) in [6.07, 6.45) is 16.1. The third-order valence-electron chi connectivity index (χ3n) is 3.48. The van der Waals surface area contributed by atoms with Gasteiger partial charge < -0.3 is 14.6 Å². The van der Waals surface area contributed by atoms with Crippen molar-refractivity contribution in [1.29, 1.82) is 0 Å². The van der Waals surface area contributed by atoms with Gasteiger partial charge in [0.15, 0.2) is 6.29 Å². The van der Waals surface area contributed by atoms with E-state index in [-0.39, 0.29) is 12.9 Å². The van der Waals surface area contributed by atoms with Crippen LogP contribution in [0.3, 0.4) is 0 Å². The lowest BCUT2D eigenvalue weighted by Crippen LogP contribution is -2.22. The van der Waals surface area contributed by atoms with Crippen LogP contribution in [0, 0.1) is 0 Å². The van der Waals surface area contributed by atoms with Crippen molar-refractivity contribution in [2.24, 2.45) is 0 Å². The Bertz CT molecular complexity index is 210. The standard InChI is InChI=1S/C16H30O3/c17-13-9-6-4-2-1-3-5-7-10-14-18-16-12-8-11-15-19-16/h6,9,16-17H,1-5,7-8,10-15H2/b9-6+. The summed E-state index contributed by atoms with van der Waals surface area (Å²) < 4.78 is 11.2. The average molecular weight is 270 g/mol. The Kier molecular flexibility index (Phi) is 11.1. The molecule has 3 nitrogen and oxygen atoms in total. The maximum Gasteiger partial charge on any atom is 0.157 e. The fourth-order valence-corrected chi connectivity index (χ4v) is 2.32. The van der Waals surface area contributed by atoms with E-state index in [9.17, 15) is 0 Å². The SMILES string of the molecule is OC/C=C/CCCCCCCCOC1CCCCO1. The molecule has 0 amide bonds. The first-order chi connectivity index (χ1) is 9.43. The molecule has 1 fully saturated rings. The maximum absolute atomic E-state index is 8.58. The molecule has 1 atom stereocenters. The van der Waals surface area contributed by atoms with Gasteiger partial charge in [0.05, 0.1) is 6.61 Å². The smallest absolute Gasteiger partial charge is 0.157 e. The average Bonchev–Trinajstić information content (AvgIpc) is 2.46. The second kappa shape index (κ2) is 12.6. The van der Waals surface area contributed by atoms with Crippen molar-refractivity contribution in [3.8, 4) is 0 Å². The van der Waals surface area contributed by atoms with Crippen LogP contribution in [-0.2, 0) is 9.47 Å². The molecule has 19 heavy (non-hydrogen) atoms. The third kappa shape index (κ3) is 10.1. The molecule has 0 saturated carbocycles. The molecule has 0 spiro atoms. The molecule has 1 N–H and O–H groups in total. The highest BCUT2D eigenvalue weighted by Crippen LogP contribution is 2.14. The number of hydrogen-bond acceptors (Lipinski definition) is 3. The molecule has 1 saturated heterocycles. The Morgan fingerprint density at radius 2 is 1.79 bits per heavy atom. The number of ether oxygens (including phenoxy) is 2. The van der Waals surface area contributed by atoms with Gasteiger partial charge in [-0.05, 0) is 38.5 Å². The van der Waals surface area contributed by atoms with E-state index in [0.717, 1.165) is 32.5 Å². The number of rotatable bonds is 11. The molecule has 0 aromatic rings. The molecular formula is C16H30O3. The minimum atomic E-state index is 0.0760. The van der Waals surface area contributed by atoms with Crippen molar-refractivity contribution in [1.82, 2.24) is 0 Å². The Morgan fingerprint density at radius 3 is 2.53 bits per heavy atom. The van der Waals surface area contributed by atoms with Gasteiger partial charge in [-0.15, -0.1) is 0 Å². The minimum absolute atomic E-state index is 0.0760. The summed E-state index contributed by atoms with van der Waals surface area (Å²) in [5, 5.41) is 8.58. The zero-order valence-corrected chi connectivity index (χ0v) is 12.2. The normalized spacial score (nSPS) is 20.2. The van der Waals surface area contributed by atoms with Crippen LogP contribution in [0.1, 0.15) is 64.2 Å². The fraction of sp³-hybridized carbons (Fsp3) is 0.875. The van der Waals surface area contributed by atoms with Gasteiger partial charge in [-0.2, -0.15) is 0 Å². The largest absolute Gasteiger partial charge is 0.392 e. The van der Waals surface area contributed by atoms with Crippen LogP contribution in [-0.4, -0.2) is 31.2 Å². The molecule has 1 heterocycles. The van der Waals surface area contributed by atoms with E-state index in [2.05, 4.69) is 6.08 Å². The van der Waals surface area contributed by atoms with Crippen LogP contribution in [0.4, 0.5) is 0 Å². The van der Waals surface area contributed by atoms with Gasteiger partial charge in [0.2, 0.25) is 0 Å². The first-order valence-electron chi connectivity index (χ1n) is 7.92. The maximum atomic E-state index is 8.58. The first-order valence-corrected chi connectivity index (χ1v) is 7.92. The molecule has 0 bridgehead atoms. The van der Waals surface area contributed by atoms with E-state index in [4.69, 9.17) is 14.6 Å². The lowest BCUT2D eigenvalue weighted by atomic mass is 10.1. The summed E-state index contributed by atoms with van der Waals surface area (Å²) in [5.41, 5.74) is 0. The molecule has 0 aromatic heterocycles. The minimum Gasteiger partial charge on any atom is -0.392 e. The van der Waals surface area contributed by atoms with Gasteiger partial charge in [0.25, 0.3) is 0 Å². The summed E-state index contributed by atoms with van der Waals surface area (Å²) in [7, 11) is 0. The fourth-order valence-electron chi connectivity index (χ4n) is 2.32. The second-order valence-corrected chi connectivity index (χ2v) is 5.23. The van der Waals surface area contributed by atoms with Crippen LogP contribution in [0.15, 0.2) is 12.2 Å². The predicted molar refractivity (Wildman–Crippen MR) is 78.1 cm³/mol. The van der Waals surface area contributed by atoms with Crippen molar-refractivity contribution >= 4 is 0 Å². The van der Waals surface area contributed by atoms with Crippen LogP contribution in [0.25, 0.3) is 0 Å². The zero-order valence-electron chi connectivity index (χ0n) is 12.2. The topological polar surface area (TPSA) is 38.7 Å². The van der Waals surface area contributed by atoms with Crippen molar-refractivity contribution in [2.75, 3.05) is 19.8 Å². The summed E-state index contributed by atoms with van der Waals surface area (Å²) in [5.74, 6) is 0. The van der Waals surface area contributed by atoms with Gasteiger partial charge in [0, 0.05) is 13.2 Å². The van der Waals surface area contributed by atoms with Crippen LogP contribution < -0.4 is 0 Å². The van der Waals surface area contributed by atoms with E-state index >= 15 is 0 Å². The predicted octanol–water partition coefficient (Wildman–Crippen LogP) is 3.81. The van der Waals surface area contributed by atoms with Gasteiger partial charge in [-0.1, -0.05) is 37.8 Å². The number of unbranched alkanes of at least 4 members (excludes halogenated alkanes) is 6. The van der Waals surface area contributed by atoms with Crippen LogP contribution in [0.2, 0.25) is 0 Å². The Morgan fingerprint density at radius 1 is 1.00 bits per heavy atom. The van der Waals surface area contributed by atoms with Gasteiger partial charge in [-0.3, -0.25) is 0 Å². The molecule has 0 radical (unpaired) electrons. The Hall–Kier alpha value is -0.380. The molecule has 0 aromatic carbocycles. The number of aliphatic hydroxyl groups excluding tert-OH is 1. The number of aliphatic hydroxyl groups is 1. The van der Waals surface area contributed by atoms with E-state index in [1.54, 1.807) is 0 Å². The first kappa shape index (κ1) is 16.7. The van der Waals surface area contributed by atoms with Crippen molar-refractivity contribution < 1.29 is 14.6 Å². The summed E-state index contributed by atoms with van der Waals surface area (Å²) >= 11 is 0. The third-order valence-corrected chi connectivity index (χ3v) is 3.48. The van der Waals surface area contributed by atoms with Crippen LogP contribution in [0.5, 0.6) is 0 Å². The van der Waals surface area contributed by atoms with Gasteiger partial charge >= 0.3 is 0 Å². The molecule has 1 rings (SSSR count). The molecule has 112 valence electrons. The lowest BCUT2D eigenvalue weighted by Gasteiger charge is -2.22. The monoisotopic (exact) mass is 270 g/mol. The Labute approximate surface area is 118 Å². The van der Waals surface area contributed by atoms with E-state index in [1.807, 2.05) is 6.08 Å². The van der Waals surface area contributed by atoms with Crippen molar-refractivity contribution in [2.45, 2.75) is 70.5 Å². The molecule has 1 unspecified atom stereocenters. The van der Waals surface area contributed by atoms with E-state index in [1.165, 1.54) is 44.9 Å². The van der Waals surface area contributed by atoms with E-state index < -0.39 is 0 Å². The number of allylic oxidation sites excluding steroid dienone is 1. The summed E-state index contributed by atoms with van der Waals surface area (Å²) in [6, 6.07) is 0. The molecule has 0 aliphatic carbocycles. The summed E-state index contributed by atoms with van der Waals surface area (Å²) in [6.45, 7) is 1.89. The second-order valence-electron chi connectivity index (χ2n) is 5.23. The van der Waals surface area contributed by atoms with Crippen molar-refractivity contribution in [3.05, 3.63) is 12.2 Å². The van der Waals surface area contributed by atoms with E-state index in [0.29, 0.717) is 0 Å².